The van der Waals surface area contributed by atoms with Gasteiger partial charge in [0.05, 0.1) is 0 Å². The molecule has 1 aromatic heterocycles. The van der Waals surface area contributed by atoms with Gasteiger partial charge in [0, 0.05) is 10.7 Å². The molecule has 17 heavy (non-hydrogen) atoms. The molecule has 1 nitrogen and oxygen atoms in total. The smallest absolute Gasteiger partial charge is 0.0390 e. The first-order chi connectivity index (χ1) is 8.13. The van der Waals surface area contributed by atoms with Gasteiger partial charge < -0.3 is 5.32 Å². The van der Waals surface area contributed by atoms with E-state index in [1.54, 1.807) is 0 Å². The summed E-state index contributed by atoms with van der Waals surface area (Å²) in [6.45, 7) is 4.74. The summed E-state index contributed by atoms with van der Waals surface area (Å²) >= 11 is 1.86. The Morgan fingerprint density at radius 2 is 2.12 bits per heavy atom. The fourth-order valence-electron chi connectivity index (χ4n) is 2.91. The van der Waals surface area contributed by atoms with Crippen LogP contribution in [0, 0.1) is 11.3 Å². The Kier molecular flexibility index (Phi) is 2.53. The normalized spacial score (nSPS) is 23.8. The molecule has 1 aromatic carbocycles. The lowest BCUT2D eigenvalue weighted by atomic mass is 9.96. The number of rotatable bonds is 3. The van der Waals surface area contributed by atoms with E-state index < -0.39 is 0 Å². The predicted octanol–water partition coefficient (Wildman–Crippen LogP) is 4.21. The average Bonchev–Trinajstić information content (AvgIpc) is 2.77. The largest absolute Gasteiger partial charge is 0.313 e. The molecule has 1 N–H and O–H groups in total. The van der Waals surface area contributed by atoms with Crippen LogP contribution in [-0.2, 0) is 0 Å². The van der Waals surface area contributed by atoms with Crippen LogP contribution in [0.3, 0.4) is 0 Å². The van der Waals surface area contributed by atoms with Gasteiger partial charge in [0.2, 0.25) is 0 Å². The monoisotopic (exact) mass is 245 g/mol. The Morgan fingerprint density at radius 1 is 1.35 bits per heavy atom. The van der Waals surface area contributed by atoms with E-state index in [2.05, 4.69) is 55.9 Å². The molecular formula is C15H19NS. The number of nitrogens with one attached hydrogen (secondary N) is 1. The maximum atomic E-state index is 3.52. The summed E-state index contributed by atoms with van der Waals surface area (Å²) in [6, 6.07) is 9.40. The summed E-state index contributed by atoms with van der Waals surface area (Å²) < 4.78 is 1.45. The van der Waals surface area contributed by atoms with Crippen LogP contribution in [-0.4, -0.2) is 7.05 Å². The second kappa shape index (κ2) is 3.82. The van der Waals surface area contributed by atoms with Crippen molar-refractivity contribution in [3.8, 4) is 0 Å². The molecule has 2 unspecified atom stereocenters. The van der Waals surface area contributed by atoms with E-state index in [9.17, 15) is 0 Å². The van der Waals surface area contributed by atoms with Gasteiger partial charge in [-0.15, -0.1) is 11.3 Å². The average molecular weight is 245 g/mol. The summed E-state index contributed by atoms with van der Waals surface area (Å²) in [5.41, 5.74) is 1.99. The zero-order valence-electron chi connectivity index (χ0n) is 10.7. The van der Waals surface area contributed by atoms with Crippen LogP contribution in [0.1, 0.15) is 31.9 Å². The molecule has 2 atom stereocenters. The van der Waals surface area contributed by atoms with Crippen molar-refractivity contribution >= 4 is 21.4 Å². The van der Waals surface area contributed by atoms with E-state index in [0.717, 1.165) is 5.92 Å². The van der Waals surface area contributed by atoms with Crippen molar-refractivity contribution in [2.24, 2.45) is 11.3 Å². The van der Waals surface area contributed by atoms with Gasteiger partial charge >= 0.3 is 0 Å². The first-order valence-corrected chi connectivity index (χ1v) is 7.15. The second-order valence-corrected chi connectivity index (χ2v) is 6.67. The fraction of sp³-hybridized carbons (Fsp3) is 0.467. The van der Waals surface area contributed by atoms with Crippen molar-refractivity contribution in [1.29, 1.82) is 0 Å². The first-order valence-electron chi connectivity index (χ1n) is 6.27. The van der Waals surface area contributed by atoms with Gasteiger partial charge in [-0.2, -0.15) is 0 Å². The van der Waals surface area contributed by atoms with Crippen molar-refractivity contribution in [2.45, 2.75) is 26.3 Å². The van der Waals surface area contributed by atoms with Gasteiger partial charge in [0.1, 0.15) is 0 Å². The van der Waals surface area contributed by atoms with E-state index in [1.807, 2.05) is 11.3 Å². The molecule has 1 aliphatic rings. The summed E-state index contributed by atoms with van der Waals surface area (Å²) in [5, 5.41) is 7.10. The van der Waals surface area contributed by atoms with E-state index in [1.165, 1.54) is 22.1 Å². The second-order valence-electron chi connectivity index (χ2n) is 5.75. The van der Waals surface area contributed by atoms with Gasteiger partial charge in [-0.25, -0.2) is 0 Å². The SMILES string of the molecule is CNC(c1cccc2ccsc12)C1CC1(C)C. The molecule has 0 bridgehead atoms. The van der Waals surface area contributed by atoms with Crippen LogP contribution in [0.4, 0.5) is 0 Å². The lowest BCUT2D eigenvalue weighted by Gasteiger charge is -2.19. The molecule has 1 heterocycles. The Balaban J connectivity index is 2.04. The molecule has 0 saturated heterocycles. The van der Waals surface area contributed by atoms with Gasteiger partial charge in [0.15, 0.2) is 0 Å². The third kappa shape index (κ3) is 1.80. The maximum absolute atomic E-state index is 3.52. The van der Waals surface area contributed by atoms with Gasteiger partial charge in [-0.1, -0.05) is 32.0 Å². The minimum Gasteiger partial charge on any atom is -0.313 e. The van der Waals surface area contributed by atoms with Gasteiger partial charge in [0.25, 0.3) is 0 Å². The summed E-state index contributed by atoms with van der Waals surface area (Å²) in [6.07, 6.45) is 1.33. The van der Waals surface area contributed by atoms with Crippen LogP contribution in [0.2, 0.25) is 0 Å². The van der Waals surface area contributed by atoms with Crippen LogP contribution in [0.25, 0.3) is 10.1 Å². The molecule has 1 saturated carbocycles. The van der Waals surface area contributed by atoms with E-state index in [-0.39, 0.29) is 0 Å². The minimum absolute atomic E-state index is 0.507. The molecule has 0 spiro atoms. The zero-order valence-corrected chi connectivity index (χ0v) is 11.5. The Labute approximate surface area is 107 Å². The standard InChI is InChI=1S/C15H19NS/c1-15(2)9-12(15)13(16-3)11-6-4-5-10-7-8-17-14(10)11/h4-8,12-13,16H,9H2,1-3H3. The van der Waals surface area contributed by atoms with Gasteiger partial charge in [-0.3, -0.25) is 0 Å². The summed E-state index contributed by atoms with van der Waals surface area (Å²) in [4.78, 5) is 0. The third-order valence-electron chi connectivity index (χ3n) is 4.15. The highest BCUT2D eigenvalue weighted by Gasteiger charge is 2.50. The third-order valence-corrected chi connectivity index (χ3v) is 5.13. The molecule has 2 aromatic rings. The molecule has 0 aliphatic heterocycles. The molecule has 0 amide bonds. The minimum atomic E-state index is 0.507. The Morgan fingerprint density at radius 3 is 2.76 bits per heavy atom. The highest BCUT2D eigenvalue weighted by atomic mass is 32.1. The first kappa shape index (κ1) is 11.2. The zero-order chi connectivity index (χ0) is 12.0. The molecule has 90 valence electrons. The predicted molar refractivity (Wildman–Crippen MR) is 75.5 cm³/mol. The van der Waals surface area contributed by atoms with Crippen LogP contribution in [0.5, 0.6) is 0 Å². The van der Waals surface area contributed by atoms with Crippen molar-refractivity contribution in [3.63, 3.8) is 0 Å². The lowest BCUT2D eigenvalue weighted by Crippen LogP contribution is -2.20. The molecule has 1 aliphatic carbocycles. The van der Waals surface area contributed by atoms with E-state index >= 15 is 0 Å². The Hall–Kier alpha value is -0.860. The van der Waals surface area contributed by atoms with Gasteiger partial charge in [-0.05, 0) is 47.2 Å². The van der Waals surface area contributed by atoms with Crippen molar-refractivity contribution < 1.29 is 0 Å². The van der Waals surface area contributed by atoms with Crippen LogP contribution < -0.4 is 5.32 Å². The molecule has 3 rings (SSSR count). The summed E-state index contributed by atoms with van der Waals surface area (Å²) in [7, 11) is 2.09. The maximum Gasteiger partial charge on any atom is 0.0390 e. The number of hydrogen-bond donors (Lipinski definition) is 1. The van der Waals surface area contributed by atoms with E-state index in [4.69, 9.17) is 0 Å². The number of hydrogen-bond acceptors (Lipinski definition) is 2. The number of thiophene rings is 1. The van der Waals surface area contributed by atoms with E-state index in [0.29, 0.717) is 11.5 Å². The van der Waals surface area contributed by atoms with Crippen molar-refractivity contribution in [3.05, 3.63) is 35.2 Å². The topological polar surface area (TPSA) is 12.0 Å². The summed E-state index contributed by atoms with van der Waals surface area (Å²) in [5.74, 6) is 0.778. The lowest BCUT2D eigenvalue weighted by molar-refractivity contribution is 0.443. The fourth-order valence-corrected chi connectivity index (χ4v) is 3.87. The van der Waals surface area contributed by atoms with Crippen molar-refractivity contribution in [2.75, 3.05) is 7.05 Å². The van der Waals surface area contributed by atoms with Crippen LogP contribution >= 0.6 is 11.3 Å². The Bertz CT molecular complexity index is 541. The number of benzene rings is 1. The number of fused-ring (bicyclic) bond motifs is 1. The molecule has 2 heteroatoms. The molecular weight excluding hydrogens is 226 g/mol. The highest BCUT2D eigenvalue weighted by molar-refractivity contribution is 7.17. The highest BCUT2D eigenvalue weighted by Crippen LogP contribution is 2.58. The quantitative estimate of drug-likeness (QED) is 0.854. The molecule has 1 fully saturated rings. The molecule has 0 radical (unpaired) electrons. The van der Waals surface area contributed by atoms with Crippen LogP contribution in [0.15, 0.2) is 29.6 Å². The van der Waals surface area contributed by atoms with Crippen molar-refractivity contribution in [1.82, 2.24) is 5.32 Å².